The lowest BCUT2D eigenvalue weighted by Crippen LogP contribution is -2.17. The van der Waals surface area contributed by atoms with E-state index in [-0.39, 0.29) is 5.56 Å². The van der Waals surface area contributed by atoms with Gasteiger partial charge < -0.3 is 14.0 Å². The van der Waals surface area contributed by atoms with Crippen LogP contribution >= 0.6 is 0 Å². The zero-order valence-corrected chi connectivity index (χ0v) is 11.3. The molecule has 2 rings (SSSR count). The van der Waals surface area contributed by atoms with Gasteiger partial charge in [-0.25, -0.2) is 0 Å². The Bertz CT molecular complexity index is 614. The fourth-order valence-electron chi connectivity index (χ4n) is 1.71. The summed E-state index contributed by atoms with van der Waals surface area (Å²) >= 11 is 0. The Morgan fingerprint density at radius 1 is 1.11 bits per heavy atom. The molecule has 0 amide bonds. The van der Waals surface area contributed by atoms with E-state index in [4.69, 9.17) is 9.47 Å². The molecule has 100 valence electrons. The molecule has 4 nitrogen and oxygen atoms in total. The van der Waals surface area contributed by atoms with Crippen LogP contribution in [-0.4, -0.2) is 11.7 Å². The van der Waals surface area contributed by atoms with Crippen LogP contribution in [0.15, 0.2) is 41.2 Å². The Kier molecular flexibility index (Phi) is 3.90. The highest BCUT2D eigenvalue weighted by Gasteiger charge is 2.02. The average Bonchev–Trinajstić information content (AvgIpc) is 2.43. The largest absolute Gasteiger partial charge is 0.497 e. The molecule has 0 unspecified atom stereocenters. The Labute approximate surface area is 112 Å². The normalized spacial score (nSPS) is 10.3. The van der Waals surface area contributed by atoms with Crippen LogP contribution in [0, 0.1) is 6.92 Å². The summed E-state index contributed by atoms with van der Waals surface area (Å²) in [5, 5.41) is 0. The first-order valence-corrected chi connectivity index (χ1v) is 6.03. The van der Waals surface area contributed by atoms with Gasteiger partial charge in [-0.15, -0.1) is 0 Å². The van der Waals surface area contributed by atoms with Crippen LogP contribution < -0.4 is 15.0 Å². The van der Waals surface area contributed by atoms with Crippen molar-refractivity contribution in [2.24, 2.45) is 7.05 Å². The van der Waals surface area contributed by atoms with Crippen molar-refractivity contribution >= 4 is 0 Å². The van der Waals surface area contributed by atoms with Crippen LogP contribution in [0.25, 0.3) is 0 Å². The summed E-state index contributed by atoms with van der Waals surface area (Å²) in [6.07, 6.45) is 0. The molecule has 1 aromatic heterocycles. The SMILES string of the molecule is COc1ccc(COc2cc(C)n(C)c(=O)c2)cc1. The number of rotatable bonds is 4. The maximum absolute atomic E-state index is 11.6. The quantitative estimate of drug-likeness (QED) is 0.845. The van der Waals surface area contributed by atoms with E-state index in [1.165, 1.54) is 6.07 Å². The number of aromatic nitrogens is 1. The maximum Gasteiger partial charge on any atom is 0.254 e. The van der Waals surface area contributed by atoms with Gasteiger partial charge in [0.1, 0.15) is 18.1 Å². The van der Waals surface area contributed by atoms with Crippen molar-refractivity contribution in [2.75, 3.05) is 7.11 Å². The molecule has 0 atom stereocenters. The monoisotopic (exact) mass is 259 g/mol. The predicted octanol–water partition coefficient (Wildman–Crippen LogP) is 2.28. The van der Waals surface area contributed by atoms with Gasteiger partial charge in [-0.3, -0.25) is 4.79 Å². The number of hydrogen-bond acceptors (Lipinski definition) is 3. The van der Waals surface area contributed by atoms with Crippen LogP contribution in [-0.2, 0) is 13.7 Å². The van der Waals surface area contributed by atoms with E-state index in [1.54, 1.807) is 18.7 Å². The van der Waals surface area contributed by atoms with E-state index in [9.17, 15) is 4.79 Å². The molecular weight excluding hydrogens is 242 g/mol. The van der Waals surface area contributed by atoms with Crippen molar-refractivity contribution < 1.29 is 9.47 Å². The fourth-order valence-corrected chi connectivity index (χ4v) is 1.71. The summed E-state index contributed by atoms with van der Waals surface area (Å²) in [4.78, 5) is 11.6. The van der Waals surface area contributed by atoms with Crippen LogP contribution in [0.2, 0.25) is 0 Å². The molecule has 0 saturated heterocycles. The van der Waals surface area contributed by atoms with Gasteiger partial charge in [0.15, 0.2) is 0 Å². The third-order valence-corrected chi connectivity index (χ3v) is 3.04. The number of ether oxygens (including phenoxy) is 2. The number of nitrogens with zero attached hydrogens (tertiary/aromatic N) is 1. The number of hydrogen-bond donors (Lipinski definition) is 0. The molecule has 0 radical (unpaired) electrons. The topological polar surface area (TPSA) is 40.5 Å². The minimum atomic E-state index is -0.0651. The molecule has 0 aliphatic heterocycles. The molecule has 0 bridgehead atoms. The van der Waals surface area contributed by atoms with E-state index >= 15 is 0 Å². The van der Waals surface area contributed by atoms with Crippen LogP contribution in [0.4, 0.5) is 0 Å². The highest BCUT2D eigenvalue weighted by atomic mass is 16.5. The zero-order valence-electron chi connectivity index (χ0n) is 11.3. The Morgan fingerprint density at radius 3 is 2.37 bits per heavy atom. The second-order valence-corrected chi connectivity index (χ2v) is 4.37. The van der Waals surface area contributed by atoms with Crippen LogP contribution in [0.1, 0.15) is 11.3 Å². The van der Waals surface area contributed by atoms with E-state index in [0.717, 1.165) is 17.0 Å². The predicted molar refractivity (Wildman–Crippen MR) is 73.7 cm³/mol. The summed E-state index contributed by atoms with van der Waals surface area (Å²) in [7, 11) is 3.37. The summed E-state index contributed by atoms with van der Waals surface area (Å²) in [5.74, 6) is 1.41. The van der Waals surface area contributed by atoms with Crippen molar-refractivity contribution in [3.63, 3.8) is 0 Å². The standard InChI is InChI=1S/C15H17NO3/c1-11-8-14(9-15(17)16(11)2)19-10-12-4-6-13(18-3)7-5-12/h4-9H,10H2,1-3H3. The number of pyridine rings is 1. The number of methoxy groups -OCH3 is 1. The van der Waals surface area contributed by atoms with Gasteiger partial charge in [0.05, 0.1) is 7.11 Å². The van der Waals surface area contributed by atoms with Crippen molar-refractivity contribution in [2.45, 2.75) is 13.5 Å². The van der Waals surface area contributed by atoms with Crippen LogP contribution in [0.5, 0.6) is 11.5 Å². The molecular formula is C15H17NO3. The second-order valence-electron chi connectivity index (χ2n) is 4.37. The van der Waals surface area contributed by atoms with Gasteiger partial charge >= 0.3 is 0 Å². The first kappa shape index (κ1) is 13.2. The lowest BCUT2D eigenvalue weighted by atomic mass is 10.2. The van der Waals surface area contributed by atoms with Crippen molar-refractivity contribution in [3.05, 3.63) is 58.0 Å². The third kappa shape index (κ3) is 3.16. The zero-order chi connectivity index (χ0) is 13.8. The molecule has 4 heteroatoms. The molecule has 2 aromatic rings. The van der Waals surface area contributed by atoms with E-state index in [1.807, 2.05) is 37.3 Å². The van der Waals surface area contributed by atoms with Crippen molar-refractivity contribution in [1.82, 2.24) is 4.57 Å². The minimum absolute atomic E-state index is 0.0651. The Balaban J connectivity index is 2.07. The molecule has 1 heterocycles. The summed E-state index contributed by atoms with van der Waals surface area (Å²) in [6, 6.07) is 11.0. The summed E-state index contributed by atoms with van der Waals surface area (Å²) in [5.41, 5.74) is 1.83. The van der Waals surface area contributed by atoms with Gasteiger partial charge in [0, 0.05) is 18.8 Å². The van der Waals surface area contributed by atoms with E-state index in [0.29, 0.717) is 12.4 Å². The van der Waals surface area contributed by atoms with Crippen molar-refractivity contribution in [3.8, 4) is 11.5 Å². The van der Waals surface area contributed by atoms with Gasteiger partial charge in [-0.2, -0.15) is 0 Å². The summed E-state index contributed by atoms with van der Waals surface area (Å²) in [6.45, 7) is 2.30. The average molecular weight is 259 g/mol. The third-order valence-electron chi connectivity index (χ3n) is 3.04. The van der Waals surface area contributed by atoms with Gasteiger partial charge in [-0.05, 0) is 30.7 Å². The minimum Gasteiger partial charge on any atom is -0.497 e. The number of aryl methyl sites for hydroxylation is 1. The summed E-state index contributed by atoms with van der Waals surface area (Å²) < 4.78 is 12.3. The fraction of sp³-hybridized carbons (Fsp3) is 0.267. The molecule has 0 aliphatic rings. The molecule has 0 aliphatic carbocycles. The first-order valence-electron chi connectivity index (χ1n) is 6.03. The first-order chi connectivity index (χ1) is 9.10. The number of benzene rings is 1. The molecule has 0 fully saturated rings. The second kappa shape index (κ2) is 5.61. The Morgan fingerprint density at radius 2 is 1.79 bits per heavy atom. The smallest absolute Gasteiger partial charge is 0.254 e. The highest BCUT2D eigenvalue weighted by molar-refractivity contribution is 5.28. The lowest BCUT2D eigenvalue weighted by molar-refractivity contribution is 0.304. The maximum atomic E-state index is 11.6. The van der Waals surface area contributed by atoms with Gasteiger partial charge in [0.2, 0.25) is 0 Å². The van der Waals surface area contributed by atoms with Gasteiger partial charge in [0.25, 0.3) is 5.56 Å². The van der Waals surface area contributed by atoms with E-state index < -0.39 is 0 Å². The van der Waals surface area contributed by atoms with Crippen molar-refractivity contribution in [1.29, 1.82) is 0 Å². The molecule has 1 aromatic carbocycles. The van der Waals surface area contributed by atoms with Crippen LogP contribution in [0.3, 0.4) is 0 Å². The molecule has 0 saturated carbocycles. The van der Waals surface area contributed by atoms with Gasteiger partial charge in [-0.1, -0.05) is 12.1 Å². The molecule has 19 heavy (non-hydrogen) atoms. The molecule has 0 N–H and O–H groups in total. The van der Waals surface area contributed by atoms with E-state index in [2.05, 4.69) is 0 Å². The molecule has 0 spiro atoms. The lowest BCUT2D eigenvalue weighted by Gasteiger charge is -2.09. The Hall–Kier alpha value is -2.23. The highest BCUT2D eigenvalue weighted by Crippen LogP contribution is 2.15.